The maximum Gasteiger partial charge on any atom is 0.251 e. The van der Waals surface area contributed by atoms with E-state index in [9.17, 15) is 18.0 Å². The fourth-order valence-electron chi connectivity index (χ4n) is 3.20. The number of nitrogens with zero attached hydrogens (tertiary/aromatic N) is 1. The zero-order valence-corrected chi connectivity index (χ0v) is 17.0. The summed E-state index contributed by atoms with van der Waals surface area (Å²) in [6.45, 7) is 1.53. The first kappa shape index (κ1) is 21.0. The molecule has 3 rings (SSSR count). The third-order valence-corrected chi connectivity index (χ3v) is 6.68. The molecule has 0 radical (unpaired) electrons. The van der Waals surface area contributed by atoms with Gasteiger partial charge >= 0.3 is 0 Å². The molecule has 2 amide bonds. The molecule has 0 atom stereocenters. The van der Waals surface area contributed by atoms with Crippen molar-refractivity contribution >= 4 is 21.8 Å². The summed E-state index contributed by atoms with van der Waals surface area (Å²) in [6, 6.07) is 14.9. The van der Waals surface area contributed by atoms with Gasteiger partial charge in [0.1, 0.15) is 0 Å². The van der Waals surface area contributed by atoms with Gasteiger partial charge < -0.3 is 10.6 Å². The highest BCUT2D eigenvalue weighted by molar-refractivity contribution is 7.89. The number of benzene rings is 2. The number of hydrogen-bond donors (Lipinski definition) is 2. The molecule has 0 aliphatic carbocycles. The van der Waals surface area contributed by atoms with Crippen LogP contribution in [0.1, 0.15) is 40.0 Å². The zero-order valence-electron chi connectivity index (χ0n) is 16.1. The molecular formula is C21H25N3O4S. The zero-order chi connectivity index (χ0) is 20.7. The van der Waals surface area contributed by atoms with Crippen molar-refractivity contribution in [2.45, 2.75) is 24.2 Å². The van der Waals surface area contributed by atoms with Crippen molar-refractivity contribution in [3.05, 3.63) is 65.7 Å². The average molecular weight is 416 g/mol. The molecule has 2 N–H and O–H groups in total. The van der Waals surface area contributed by atoms with E-state index in [2.05, 4.69) is 10.6 Å². The van der Waals surface area contributed by atoms with Crippen LogP contribution in [0.4, 0.5) is 0 Å². The van der Waals surface area contributed by atoms with Gasteiger partial charge in [-0.05, 0) is 43.2 Å². The summed E-state index contributed by atoms with van der Waals surface area (Å²) in [7, 11) is -3.59. The maximum atomic E-state index is 12.8. The highest BCUT2D eigenvalue weighted by Crippen LogP contribution is 2.21. The Hall–Kier alpha value is -2.71. The van der Waals surface area contributed by atoms with E-state index in [-0.39, 0.29) is 35.4 Å². The normalized spacial score (nSPS) is 14.9. The van der Waals surface area contributed by atoms with Gasteiger partial charge in [-0.2, -0.15) is 4.31 Å². The first-order chi connectivity index (χ1) is 14.0. The molecule has 0 aromatic heterocycles. The van der Waals surface area contributed by atoms with Gasteiger partial charge in [0.25, 0.3) is 11.8 Å². The summed E-state index contributed by atoms with van der Waals surface area (Å²) in [5, 5.41) is 5.43. The summed E-state index contributed by atoms with van der Waals surface area (Å²) in [6.07, 6.45) is 2.75. The van der Waals surface area contributed by atoms with Gasteiger partial charge in [-0.3, -0.25) is 9.59 Å². The lowest BCUT2D eigenvalue weighted by molar-refractivity contribution is 0.0927. The van der Waals surface area contributed by atoms with Crippen LogP contribution in [0.15, 0.2) is 59.5 Å². The number of carbonyl (C=O) groups excluding carboxylic acids is 2. The molecule has 29 heavy (non-hydrogen) atoms. The van der Waals surface area contributed by atoms with Gasteiger partial charge in [0.15, 0.2) is 0 Å². The summed E-state index contributed by atoms with van der Waals surface area (Å²) >= 11 is 0. The van der Waals surface area contributed by atoms with Crippen LogP contribution in [-0.4, -0.2) is 50.7 Å². The molecule has 1 fully saturated rings. The van der Waals surface area contributed by atoms with E-state index in [1.54, 1.807) is 36.4 Å². The number of hydrogen-bond acceptors (Lipinski definition) is 4. The number of nitrogens with one attached hydrogen (secondary N) is 2. The summed E-state index contributed by atoms with van der Waals surface area (Å²) in [5.41, 5.74) is 0.826. The van der Waals surface area contributed by atoms with E-state index in [4.69, 9.17) is 0 Å². The molecule has 0 bridgehead atoms. The average Bonchev–Trinajstić information content (AvgIpc) is 2.77. The molecule has 1 heterocycles. The Morgan fingerprint density at radius 1 is 0.793 bits per heavy atom. The van der Waals surface area contributed by atoms with Crippen LogP contribution in [0.25, 0.3) is 0 Å². The number of amides is 2. The number of piperidine rings is 1. The largest absolute Gasteiger partial charge is 0.350 e. The predicted octanol–water partition coefficient (Wildman–Crippen LogP) is 2.02. The van der Waals surface area contributed by atoms with Crippen LogP contribution >= 0.6 is 0 Å². The highest BCUT2D eigenvalue weighted by Gasteiger charge is 2.26. The van der Waals surface area contributed by atoms with E-state index in [1.165, 1.54) is 16.4 Å². The van der Waals surface area contributed by atoms with Gasteiger partial charge in [0.05, 0.1) is 4.90 Å². The molecule has 0 unspecified atom stereocenters. The van der Waals surface area contributed by atoms with Crippen molar-refractivity contribution in [3.63, 3.8) is 0 Å². The smallest absolute Gasteiger partial charge is 0.251 e. The Morgan fingerprint density at radius 2 is 1.38 bits per heavy atom. The van der Waals surface area contributed by atoms with Crippen molar-refractivity contribution in [1.29, 1.82) is 0 Å². The summed E-state index contributed by atoms with van der Waals surface area (Å²) < 4.78 is 27.0. The maximum absolute atomic E-state index is 12.8. The van der Waals surface area contributed by atoms with Crippen molar-refractivity contribution in [3.8, 4) is 0 Å². The predicted molar refractivity (Wildman–Crippen MR) is 110 cm³/mol. The second kappa shape index (κ2) is 9.67. The van der Waals surface area contributed by atoms with E-state index < -0.39 is 10.0 Å². The Balaban J connectivity index is 1.55. The number of sulfonamides is 1. The highest BCUT2D eigenvalue weighted by atomic mass is 32.2. The monoisotopic (exact) mass is 415 g/mol. The molecule has 2 aromatic carbocycles. The minimum atomic E-state index is -3.59. The molecule has 8 heteroatoms. The lowest BCUT2D eigenvalue weighted by atomic mass is 10.2. The molecule has 1 aliphatic rings. The standard InChI is InChI=1S/C21H25N3O4S/c25-20(17-8-3-1-4-9-17)22-12-13-23-21(26)18-10-7-11-19(16-18)29(27,28)24-14-5-2-6-15-24/h1,3-4,7-11,16H,2,5-6,12-15H2,(H,22,25)(H,23,26). The second-order valence-electron chi connectivity index (χ2n) is 6.87. The molecule has 1 saturated heterocycles. The minimum Gasteiger partial charge on any atom is -0.350 e. The third-order valence-electron chi connectivity index (χ3n) is 4.78. The third kappa shape index (κ3) is 5.42. The van der Waals surface area contributed by atoms with Gasteiger partial charge in [-0.15, -0.1) is 0 Å². The Morgan fingerprint density at radius 3 is 2.03 bits per heavy atom. The van der Waals surface area contributed by atoms with E-state index in [0.717, 1.165) is 19.3 Å². The van der Waals surface area contributed by atoms with Gasteiger partial charge in [0.2, 0.25) is 10.0 Å². The molecule has 2 aromatic rings. The molecule has 7 nitrogen and oxygen atoms in total. The van der Waals surface area contributed by atoms with Gasteiger partial charge in [-0.25, -0.2) is 8.42 Å². The first-order valence-electron chi connectivity index (χ1n) is 9.70. The SMILES string of the molecule is O=C(NCCNC(=O)c1cccc(S(=O)(=O)N2CCCCC2)c1)c1ccccc1. The summed E-state index contributed by atoms with van der Waals surface area (Å²) in [4.78, 5) is 24.5. The minimum absolute atomic E-state index is 0.129. The molecule has 154 valence electrons. The van der Waals surface area contributed by atoms with Gasteiger partial charge in [-0.1, -0.05) is 30.7 Å². The van der Waals surface area contributed by atoms with Crippen LogP contribution in [0, 0.1) is 0 Å². The van der Waals surface area contributed by atoms with Crippen LogP contribution in [-0.2, 0) is 10.0 Å². The first-order valence-corrected chi connectivity index (χ1v) is 11.1. The molecule has 0 spiro atoms. The molecular weight excluding hydrogens is 390 g/mol. The van der Waals surface area contributed by atoms with Crippen LogP contribution in [0.5, 0.6) is 0 Å². The van der Waals surface area contributed by atoms with Crippen molar-refractivity contribution in [1.82, 2.24) is 14.9 Å². The topological polar surface area (TPSA) is 95.6 Å². The van der Waals surface area contributed by atoms with Crippen molar-refractivity contribution < 1.29 is 18.0 Å². The lowest BCUT2D eigenvalue weighted by Gasteiger charge is -2.26. The van der Waals surface area contributed by atoms with E-state index in [0.29, 0.717) is 18.7 Å². The van der Waals surface area contributed by atoms with Crippen molar-refractivity contribution in [2.24, 2.45) is 0 Å². The van der Waals surface area contributed by atoms with Crippen LogP contribution in [0.2, 0.25) is 0 Å². The fourth-order valence-corrected chi connectivity index (χ4v) is 4.76. The van der Waals surface area contributed by atoms with E-state index >= 15 is 0 Å². The Labute approximate surface area is 171 Å². The fraction of sp³-hybridized carbons (Fsp3) is 0.333. The number of rotatable bonds is 7. The van der Waals surface area contributed by atoms with Crippen LogP contribution in [0.3, 0.4) is 0 Å². The van der Waals surface area contributed by atoms with Gasteiger partial charge in [0, 0.05) is 37.3 Å². The molecule has 0 saturated carbocycles. The Bertz CT molecular complexity index is 955. The van der Waals surface area contributed by atoms with Crippen LogP contribution < -0.4 is 10.6 Å². The molecule has 1 aliphatic heterocycles. The summed E-state index contributed by atoms with van der Waals surface area (Å²) in [5.74, 6) is -0.593. The Kier molecular flexibility index (Phi) is 7.00. The number of carbonyl (C=O) groups is 2. The van der Waals surface area contributed by atoms with Crippen molar-refractivity contribution in [2.75, 3.05) is 26.2 Å². The second-order valence-corrected chi connectivity index (χ2v) is 8.81. The quantitative estimate of drug-likeness (QED) is 0.677. The van der Waals surface area contributed by atoms with E-state index in [1.807, 2.05) is 6.07 Å². The lowest BCUT2D eigenvalue weighted by Crippen LogP contribution is -2.36.